The summed E-state index contributed by atoms with van der Waals surface area (Å²) in [4.78, 5) is 126. The van der Waals surface area contributed by atoms with Crippen LogP contribution >= 0.6 is 0 Å². The molecule has 0 bridgehead atoms. The summed E-state index contributed by atoms with van der Waals surface area (Å²) in [6.07, 6.45) is 4.63. The molecule has 400 valence electrons. The first-order valence-corrected chi connectivity index (χ1v) is 26.5. The number of carbonyl (C=O) groups excluding carboxylic acids is 8. The van der Waals surface area contributed by atoms with Crippen LogP contribution in [0, 0.1) is 11.8 Å². The zero-order valence-corrected chi connectivity index (χ0v) is 43.5. The normalized spacial score (nSPS) is 21.0. The van der Waals surface area contributed by atoms with Crippen LogP contribution in [0.5, 0.6) is 0 Å². The topological polar surface area (TPSA) is 245 Å². The van der Waals surface area contributed by atoms with E-state index in [1.54, 1.807) is 42.2 Å². The molecule has 19 heteroatoms. The molecule has 5 N–H and O–H groups in total. The second-order valence-electron chi connectivity index (χ2n) is 21.6. The lowest BCUT2D eigenvalue weighted by Gasteiger charge is -2.39. The Morgan fingerprint density at radius 2 is 1.48 bits per heavy atom. The number of nitrogens with zero attached hydrogens (tertiary/aromatic N) is 5. The van der Waals surface area contributed by atoms with Crippen LogP contribution in [0.2, 0.25) is 0 Å². The molecule has 8 rings (SSSR count). The molecular weight excluding hydrogens is 959 g/mol. The van der Waals surface area contributed by atoms with Crippen LogP contribution in [0.3, 0.4) is 0 Å². The third-order valence-electron chi connectivity index (χ3n) is 15.2. The van der Waals surface area contributed by atoms with Gasteiger partial charge in [-0.25, -0.2) is 4.79 Å². The number of anilines is 1. The van der Waals surface area contributed by atoms with Crippen LogP contribution in [0.4, 0.5) is 5.69 Å². The number of carbonyl (C=O) groups is 8. The Hall–Kier alpha value is -7.31. The van der Waals surface area contributed by atoms with Gasteiger partial charge >= 0.3 is 11.7 Å². The van der Waals surface area contributed by atoms with Gasteiger partial charge in [0.05, 0.1) is 29.4 Å². The molecule has 19 nitrogen and oxygen atoms in total. The number of fused-ring (bicyclic) bond motifs is 2. The van der Waals surface area contributed by atoms with Crippen molar-refractivity contribution in [3.8, 4) is 0 Å². The molecule has 4 saturated heterocycles. The highest BCUT2D eigenvalue weighted by molar-refractivity contribution is 6.00. The van der Waals surface area contributed by atoms with Crippen molar-refractivity contribution in [1.29, 1.82) is 0 Å². The van der Waals surface area contributed by atoms with Crippen molar-refractivity contribution in [3.63, 3.8) is 0 Å². The highest BCUT2D eigenvalue weighted by Gasteiger charge is 2.46. The summed E-state index contributed by atoms with van der Waals surface area (Å²) >= 11 is 0. The van der Waals surface area contributed by atoms with E-state index < -0.39 is 77.2 Å². The maximum absolute atomic E-state index is 14.8. The maximum atomic E-state index is 14.8. The molecule has 0 saturated carbocycles. The van der Waals surface area contributed by atoms with Crippen LogP contribution in [-0.4, -0.2) is 116 Å². The number of benzene rings is 3. The number of nitrogens with one attached hydrogen (secondary N) is 3. The van der Waals surface area contributed by atoms with Gasteiger partial charge in [0.15, 0.2) is 0 Å². The molecular formula is C56H71N9O10. The molecule has 5 heterocycles. The highest BCUT2D eigenvalue weighted by atomic mass is 16.6. The number of hydrogen-bond acceptors (Lipinski definition) is 11. The number of hydrogen-bond donors (Lipinski definition) is 4. The number of imidazole rings is 1. The Morgan fingerprint density at radius 3 is 2.12 bits per heavy atom. The van der Waals surface area contributed by atoms with Crippen LogP contribution in [0.25, 0.3) is 11.0 Å². The number of ether oxygens (including phenoxy) is 1. The first-order chi connectivity index (χ1) is 35.8. The van der Waals surface area contributed by atoms with E-state index in [0.717, 1.165) is 49.2 Å². The number of primary amides is 1. The van der Waals surface area contributed by atoms with Gasteiger partial charge < -0.3 is 35.8 Å². The Labute approximate surface area is 436 Å². The highest BCUT2D eigenvalue weighted by Crippen LogP contribution is 2.34. The smallest absolute Gasteiger partial charge is 0.329 e. The zero-order valence-electron chi connectivity index (χ0n) is 43.5. The number of esters is 1. The lowest BCUT2D eigenvalue weighted by Crippen LogP contribution is -2.57. The molecule has 0 spiro atoms. The number of amides is 7. The third kappa shape index (κ3) is 13.0. The van der Waals surface area contributed by atoms with E-state index in [4.69, 9.17) is 10.5 Å². The van der Waals surface area contributed by atoms with E-state index in [1.165, 1.54) is 4.57 Å². The molecule has 7 amide bonds. The van der Waals surface area contributed by atoms with E-state index in [0.29, 0.717) is 49.2 Å². The minimum Gasteiger partial charge on any atom is -0.460 e. The van der Waals surface area contributed by atoms with Crippen molar-refractivity contribution in [2.24, 2.45) is 24.6 Å². The first kappa shape index (κ1) is 54.0. The molecule has 4 aromatic rings. The van der Waals surface area contributed by atoms with Gasteiger partial charge in [0.25, 0.3) is 0 Å². The minimum absolute atomic E-state index is 0.0241. The van der Waals surface area contributed by atoms with Gasteiger partial charge in [0.1, 0.15) is 23.7 Å². The summed E-state index contributed by atoms with van der Waals surface area (Å²) in [5.41, 5.74) is 8.33. The van der Waals surface area contributed by atoms with Crippen LogP contribution in [-0.2, 0) is 50.1 Å². The maximum Gasteiger partial charge on any atom is 0.329 e. The summed E-state index contributed by atoms with van der Waals surface area (Å²) in [6.45, 7) is 7.09. The fraction of sp³-hybridized carbons (Fsp3) is 0.518. The number of rotatable bonds is 17. The van der Waals surface area contributed by atoms with E-state index in [2.05, 4.69) is 20.9 Å². The van der Waals surface area contributed by atoms with E-state index in [1.807, 2.05) is 78.9 Å². The van der Waals surface area contributed by atoms with Crippen molar-refractivity contribution in [3.05, 3.63) is 100 Å². The fourth-order valence-corrected chi connectivity index (χ4v) is 11.3. The standard InChI is InChI=1S/C56H71N9O10/c1-56(2,3)75-49(69)32-38-34-63(48(68)17-11-12-35-26-29-62(30-27-35)40-19-21-42-45(33-40)61(4)55(74)65(42)44-23-25-47(67)59-53(44)72)31-28-39-18-22-43(64(39)54(38)73)52(71)58-41(20-24-46(57)66)51(70)60-50(36-13-7-5-8-14-36)37-15-9-6-10-16-37/h5-10,13-16,19,21,33,35,38-39,41,43-44,50H,11-12,17-18,20,22-32,34H2,1-4H3,(H2,57,66)(H,58,71)(H,60,70)(H,59,67,72)/t38-,39+,41-,43-,44?/m0/s1. The molecule has 3 aromatic carbocycles. The second-order valence-corrected chi connectivity index (χ2v) is 21.6. The van der Waals surface area contributed by atoms with E-state index >= 15 is 0 Å². The molecule has 0 radical (unpaired) electrons. The summed E-state index contributed by atoms with van der Waals surface area (Å²) in [5, 5.41) is 8.29. The molecule has 4 aliphatic rings. The minimum atomic E-state index is -1.16. The van der Waals surface area contributed by atoms with Crippen LogP contribution in [0.15, 0.2) is 83.7 Å². The number of aromatic nitrogens is 2. The Bertz CT molecular complexity index is 2790. The van der Waals surface area contributed by atoms with E-state index in [9.17, 15) is 43.2 Å². The third-order valence-corrected chi connectivity index (χ3v) is 15.2. The predicted molar refractivity (Wildman–Crippen MR) is 279 cm³/mol. The summed E-state index contributed by atoms with van der Waals surface area (Å²) in [7, 11) is 1.68. The molecule has 4 fully saturated rings. The van der Waals surface area contributed by atoms with Crippen molar-refractivity contribution >= 4 is 64.0 Å². The first-order valence-electron chi connectivity index (χ1n) is 26.5. The SMILES string of the molecule is Cn1c(=O)n(C2CCC(=O)NC2=O)c2ccc(N3CCC(CCCC(=O)N4CC[C@H]5CC[C@@H](C(=O)N[C@@H](CCC(N)=O)C(=O)NC(c6ccccc6)c6ccccc6)N5C(=O)[C@@H](CC(=O)OC(C)(C)C)C4)CC3)cc21. The Morgan fingerprint density at radius 1 is 0.800 bits per heavy atom. The van der Waals surface area contributed by atoms with Gasteiger partial charge in [-0.05, 0) is 114 Å². The summed E-state index contributed by atoms with van der Waals surface area (Å²) < 4.78 is 8.69. The van der Waals surface area contributed by atoms with Crippen molar-refractivity contribution in [2.45, 2.75) is 140 Å². The molecule has 1 aromatic heterocycles. The van der Waals surface area contributed by atoms with Crippen LogP contribution in [0.1, 0.15) is 127 Å². The second kappa shape index (κ2) is 23.5. The number of nitrogens with two attached hydrogens (primary N) is 1. The summed E-state index contributed by atoms with van der Waals surface area (Å²) in [6, 6.07) is 20.7. The van der Waals surface area contributed by atoms with Gasteiger partial charge in [0.2, 0.25) is 41.4 Å². The molecule has 1 unspecified atom stereocenters. The van der Waals surface area contributed by atoms with Gasteiger partial charge in [0, 0.05) is 64.2 Å². The molecule has 4 aliphatic heterocycles. The number of imide groups is 1. The molecule has 5 atom stereocenters. The van der Waals surface area contributed by atoms with E-state index in [-0.39, 0.29) is 62.6 Å². The van der Waals surface area contributed by atoms with Gasteiger partial charge in [-0.1, -0.05) is 60.7 Å². The van der Waals surface area contributed by atoms with Crippen molar-refractivity contribution in [2.75, 3.05) is 31.1 Å². The predicted octanol–water partition coefficient (Wildman–Crippen LogP) is 4.30. The molecule has 0 aliphatic carbocycles. The quantitative estimate of drug-likeness (QED) is 0.0858. The van der Waals surface area contributed by atoms with Crippen molar-refractivity contribution in [1.82, 2.24) is 34.9 Å². The number of aryl methyl sites for hydroxylation is 1. The Balaban J connectivity index is 0.893. The van der Waals surface area contributed by atoms with Gasteiger partial charge in [-0.3, -0.25) is 52.8 Å². The van der Waals surface area contributed by atoms with Crippen molar-refractivity contribution < 1.29 is 43.1 Å². The molecule has 75 heavy (non-hydrogen) atoms. The Kier molecular flexibility index (Phi) is 16.9. The van der Waals surface area contributed by atoms with Gasteiger partial charge in [-0.2, -0.15) is 0 Å². The lowest BCUT2D eigenvalue weighted by atomic mass is 9.91. The summed E-state index contributed by atoms with van der Waals surface area (Å²) in [5.74, 6) is -4.28. The lowest BCUT2D eigenvalue weighted by molar-refractivity contribution is -0.161. The monoisotopic (exact) mass is 1030 g/mol. The number of piperidine rings is 2. The fourth-order valence-electron chi connectivity index (χ4n) is 11.3. The largest absolute Gasteiger partial charge is 0.460 e. The zero-order chi connectivity index (χ0) is 53.6. The average Bonchev–Trinajstić information content (AvgIpc) is 3.91. The van der Waals surface area contributed by atoms with Crippen LogP contribution < -0.4 is 32.3 Å². The average molecular weight is 1030 g/mol. The van der Waals surface area contributed by atoms with Gasteiger partial charge in [-0.15, -0.1) is 0 Å².